The zero-order valence-corrected chi connectivity index (χ0v) is 13.5. The lowest BCUT2D eigenvalue weighted by atomic mass is 9.91. The molecule has 0 aromatic heterocycles. The minimum Gasteiger partial charge on any atom is -0.295 e. The number of carbonyl (C=O) groups is 2. The molecular formula is C18H16ClN3O2. The van der Waals surface area contributed by atoms with Crippen molar-refractivity contribution in [2.24, 2.45) is 5.92 Å². The highest BCUT2D eigenvalue weighted by atomic mass is 35.5. The van der Waals surface area contributed by atoms with E-state index in [1.54, 1.807) is 12.1 Å². The molecule has 2 aromatic carbocycles. The van der Waals surface area contributed by atoms with E-state index in [-0.39, 0.29) is 17.9 Å². The largest absolute Gasteiger partial charge is 0.295 e. The molecule has 122 valence electrons. The first-order chi connectivity index (χ1) is 11.6. The van der Waals surface area contributed by atoms with Crippen LogP contribution in [0.5, 0.6) is 0 Å². The second-order valence-corrected chi connectivity index (χ2v) is 6.53. The van der Waals surface area contributed by atoms with Crippen molar-refractivity contribution in [3.8, 4) is 0 Å². The fourth-order valence-electron chi connectivity index (χ4n) is 3.47. The lowest BCUT2D eigenvalue weighted by Gasteiger charge is -2.22. The molecule has 2 heterocycles. The number of nitrogens with zero attached hydrogens (tertiary/aromatic N) is 1. The molecule has 2 N–H and O–H groups in total. The fraction of sp³-hybridized carbons (Fsp3) is 0.222. The van der Waals surface area contributed by atoms with Crippen molar-refractivity contribution < 1.29 is 9.59 Å². The Morgan fingerprint density at radius 2 is 1.67 bits per heavy atom. The summed E-state index contributed by atoms with van der Waals surface area (Å²) in [5.74, 6) is -0.916. The number of hydrogen-bond donors (Lipinski definition) is 2. The van der Waals surface area contributed by atoms with Crippen LogP contribution in [0.1, 0.15) is 17.2 Å². The van der Waals surface area contributed by atoms with Gasteiger partial charge < -0.3 is 0 Å². The van der Waals surface area contributed by atoms with E-state index in [1.807, 2.05) is 47.5 Å². The van der Waals surface area contributed by atoms with Crippen molar-refractivity contribution in [1.82, 2.24) is 15.8 Å². The van der Waals surface area contributed by atoms with E-state index in [2.05, 4.69) is 10.7 Å². The van der Waals surface area contributed by atoms with Gasteiger partial charge in [0.05, 0.1) is 12.0 Å². The maximum absolute atomic E-state index is 12.3. The zero-order chi connectivity index (χ0) is 16.7. The summed E-state index contributed by atoms with van der Waals surface area (Å²) in [6.45, 7) is 0.548. The van der Waals surface area contributed by atoms with Gasteiger partial charge in [-0.3, -0.25) is 14.9 Å². The van der Waals surface area contributed by atoms with Gasteiger partial charge in [0.25, 0.3) is 0 Å². The van der Waals surface area contributed by atoms with Gasteiger partial charge in [0.2, 0.25) is 11.8 Å². The van der Waals surface area contributed by atoms with Gasteiger partial charge >= 0.3 is 0 Å². The molecule has 0 aliphatic carbocycles. The van der Waals surface area contributed by atoms with Crippen LogP contribution in [0.4, 0.5) is 0 Å². The van der Waals surface area contributed by atoms with Gasteiger partial charge in [0.1, 0.15) is 6.04 Å². The number of imide groups is 1. The number of hydrogen-bond acceptors (Lipinski definition) is 4. The fourth-order valence-corrected chi connectivity index (χ4v) is 3.60. The third-order valence-electron chi connectivity index (χ3n) is 4.58. The van der Waals surface area contributed by atoms with E-state index in [9.17, 15) is 9.59 Å². The molecule has 2 aliphatic heterocycles. The molecular weight excluding hydrogens is 326 g/mol. The van der Waals surface area contributed by atoms with Crippen molar-refractivity contribution in [2.45, 2.75) is 18.6 Å². The molecule has 0 spiro atoms. The van der Waals surface area contributed by atoms with Gasteiger partial charge in [-0.2, -0.15) is 0 Å². The zero-order valence-electron chi connectivity index (χ0n) is 12.8. The first-order valence-electron chi connectivity index (χ1n) is 7.80. The Hall–Kier alpha value is -2.21. The van der Waals surface area contributed by atoms with E-state index in [1.165, 1.54) is 0 Å². The van der Waals surface area contributed by atoms with Crippen LogP contribution in [0.3, 0.4) is 0 Å². The van der Waals surface area contributed by atoms with Gasteiger partial charge in [-0.1, -0.05) is 54.1 Å². The molecule has 0 unspecified atom stereocenters. The lowest BCUT2D eigenvalue weighted by molar-refractivity contribution is -0.127. The molecule has 0 radical (unpaired) electrons. The summed E-state index contributed by atoms with van der Waals surface area (Å²) >= 11 is 5.95. The quantitative estimate of drug-likeness (QED) is 0.839. The molecule has 0 bridgehead atoms. The number of nitrogens with one attached hydrogen (secondary N) is 2. The standard InChI is InChI=1S/C18H16ClN3O2/c19-13-8-6-12(7-9-13)15-14-16(18(24)20-17(14)23)22(21-15)10-11-4-2-1-3-5-11/h1-9,14-16,21H,10H2,(H,20,23,24)/t14-,15+,16+/m0/s1. The molecule has 2 aromatic rings. The topological polar surface area (TPSA) is 61.4 Å². The number of amides is 2. The van der Waals surface area contributed by atoms with Crippen molar-refractivity contribution in [3.63, 3.8) is 0 Å². The van der Waals surface area contributed by atoms with Gasteiger partial charge in [-0.05, 0) is 23.3 Å². The van der Waals surface area contributed by atoms with E-state index in [0.717, 1.165) is 11.1 Å². The summed E-state index contributed by atoms with van der Waals surface area (Å²) in [7, 11) is 0. The van der Waals surface area contributed by atoms with Crippen molar-refractivity contribution in [2.75, 3.05) is 0 Å². The molecule has 2 saturated heterocycles. The maximum Gasteiger partial charge on any atom is 0.246 e. The average molecular weight is 342 g/mol. The Balaban J connectivity index is 1.66. The lowest BCUT2D eigenvalue weighted by Crippen LogP contribution is -2.43. The molecule has 3 atom stereocenters. The number of benzene rings is 2. The monoisotopic (exact) mass is 341 g/mol. The first kappa shape index (κ1) is 15.3. The van der Waals surface area contributed by atoms with Crippen LogP contribution in [0.15, 0.2) is 54.6 Å². The number of halogens is 1. The highest BCUT2D eigenvalue weighted by Crippen LogP contribution is 2.37. The highest BCUT2D eigenvalue weighted by Gasteiger charge is 2.54. The maximum atomic E-state index is 12.3. The molecule has 5 nitrogen and oxygen atoms in total. The Morgan fingerprint density at radius 1 is 0.958 bits per heavy atom. The van der Waals surface area contributed by atoms with Gasteiger partial charge in [-0.25, -0.2) is 10.4 Å². The van der Waals surface area contributed by atoms with Crippen LogP contribution in [-0.2, 0) is 16.1 Å². The van der Waals surface area contributed by atoms with Gasteiger partial charge in [0.15, 0.2) is 0 Å². The SMILES string of the molecule is O=C1NC(=O)[C@H]2[C@@H]1[C@@H](c1ccc(Cl)cc1)NN2Cc1ccccc1. The predicted molar refractivity (Wildman–Crippen MR) is 89.7 cm³/mol. The van der Waals surface area contributed by atoms with Gasteiger partial charge in [0, 0.05) is 11.6 Å². The van der Waals surface area contributed by atoms with Crippen molar-refractivity contribution in [1.29, 1.82) is 0 Å². The summed E-state index contributed by atoms with van der Waals surface area (Å²) in [6, 6.07) is 16.5. The Bertz CT molecular complexity index is 779. The Morgan fingerprint density at radius 3 is 2.38 bits per heavy atom. The van der Waals surface area contributed by atoms with Crippen LogP contribution >= 0.6 is 11.6 Å². The number of fused-ring (bicyclic) bond motifs is 1. The summed E-state index contributed by atoms with van der Waals surface area (Å²) in [5.41, 5.74) is 5.36. The van der Waals surface area contributed by atoms with E-state index in [4.69, 9.17) is 11.6 Å². The molecule has 2 amide bonds. The highest BCUT2D eigenvalue weighted by molar-refractivity contribution is 6.30. The van der Waals surface area contributed by atoms with E-state index in [0.29, 0.717) is 11.6 Å². The predicted octanol–water partition coefficient (Wildman–Crippen LogP) is 2.04. The number of carbonyl (C=O) groups excluding carboxylic acids is 2. The van der Waals surface area contributed by atoms with E-state index >= 15 is 0 Å². The number of rotatable bonds is 3. The normalized spacial score (nSPS) is 26.5. The average Bonchev–Trinajstić information content (AvgIpc) is 3.09. The molecule has 2 aliphatic rings. The van der Waals surface area contributed by atoms with Crippen molar-refractivity contribution >= 4 is 23.4 Å². The molecule has 2 fully saturated rings. The van der Waals surface area contributed by atoms with Gasteiger partial charge in [-0.15, -0.1) is 0 Å². The van der Waals surface area contributed by atoms with E-state index < -0.39 is 12.0 Å². The van der Waals surface area contributed by atoms with Crippen LogP contribution in [-0.4, -0.2) is 22.9 Å². The third-order valence-corrected chi connectivity index (χ3v) is 4.83. The minimum atomic E-state index is -0.501. The summed E-state index contributed by atoms with van der Waals surface area (Å²) in [6.07, 6.45) is 0. The van der Waals surface area contributed by atoms with Crippen molar-refractivity contribution in [3.05, 3.63) is 70.7 Å². The summed E-state index contributed by atoms with van der Waals surface area (Å²) in [5, 5.41) is 4.96. The summed E-state index contributed by atoms with van der Waals surface area (Å²) in [4.78, 5) is 24.6. The first-order valence-corrected chi connectivity index (χ1v) is 8.18. The van der Waals surface area contributed by atoms with Crippen LogP contribution in [0.2, 0.25) is 5.02 Å². The summed E-state index contributed by atoms with van der Waals surface area (Å²) < 4.78 is 0. The smallest absolute Gasteiger partial charge is 0.246 e. The molecule has 4 rings (SSSR count). The Kier molecular flexibility index (Phi) is 3.84. The Labute approximate surface area is 144 Å². The van der Waals surface area contributed by atoms with Crippen LogP contribution < -0.4 is 10.7 Å². The minimum absolute atomic E-state index is 0.229. The second-order valence-electron chi connectivity index (χ2n) is 6.10. The molecule has 6 heteroatoms. The molecule has 24 heavy (non-hydrogen) atoms. The van der Waals surface area contributed by atoms with Crippen LogP contribution in [0, 0.1) is 5.92 Å². The third kappa shape index (κ3) is 2.60. The van der Waals surface area contributed by atoms with Crippen LogP contribution in [0.25, 0.3) is 0 Å². The second kappa shape index (κ2) is 6.02. The molecule has 0 saturated carbocycles. The number of hydrazine groups is 1.